The predicted molar refractivity (Wildman–Crippen MR) is 54.9 cm³/mol. The van der Waals surface area contributed by atoms with Crippen LogP contribution in [0.4, 0.5) is 0 Å². The summed E-state index contributed by atoms with van der Waals surface area (Å²) < 4.78 is 0. The third-order valence-electron chi connectivity index (χ3n) is 3.69. The van der Waals surface area contributed by atoms with E-state index in [0.717, 1.165) is 30.9 Å². The number of nitrogens with one attached hydrogen (secondary N) is 1. The van der Waals surface area contributed by atoms with Crippen molar-refractivity contribution in [3.8, 4) is 0 Å². The van der Waals surface area contributed by atoms with E-state index in [1.54, 1.807) is 0 Å². The summed E-state index contributed by atoms with van der Waals surface area (Å²) in [5.41, 5.74) is 1.05. The van der Waals surface area contributed by atoms with Gasteiger partial charge in [0.15, 0.2) is 0 Å². The number of hydrogen-bond donors (Lipinski definition) is 2. The van der Waals surface area contributed by atoms with Crippen molar-refractivity contribution in [2.75, 3.05) is 6.54 Å². The van der Waals surface area contributed by atoms with Crippen LogP contribution in [0, 0.1) is 5.92 Å². The van der Waals surface area contributed by atoms with E-state index in [0.29, 0.717) is 0 Å². The third kappa shape index (κ3) is 1.04. The summed E-state index contributed by atoms with van der Waals surface area (Å²) >= 11 is 0. The van der Waals surface area contributed by atoms with E-state index in [9.17, 15) is 5.11 Å². The molecule has 2 N–H and O–H groups in total. The van der Waals surface area contributed by atoms with Crippen LogP contribution in [0.1, 0.15) is 24.5 Å². The van der Waals surface area contributed by atoms with Crippen molar-refractivity contribution in [1.29, 1.82) is 0 Å². The van der Waals surface area contributed by atoms with E-state index < -0.39 is 0 Å². The molecule has 1 aromatic carbocycles. The van der Waals surface area contributed by atoms with Gasteiger partial charge < -0.3 is 10.4 Å². The Morgan fingerprint density at radius 3 is 2.57 bits per heavy atom. The fraction of sp³-hybridized carbons (Fsp3) is 0.500. The SMILES string of the molecule is O[C@H](c1ccccc1)C12CC(CN1)C2. The van der Waals surface area contributed by atoms with Gasteiger partial charge in [-0.1, -0.05) is 30.3 Å². The van der Waals surface area contributed by atoms with Gasteiger partial charge in [-0.05, 0) is 30.9 Å². The van der Waals surface area contributed by atoms with Gasteiger partial charge in [0.05, 0.1) is 6.10 Å². The van der Waals surface area contributed by atoms with Crippen molar-refractivity contribution in [1.82, 2.24) is 5.32 Å². The van der Waals surface area contributed by atoms with Crippen molar-refractivity contribution >= 4 is 0 Å². The topological polar surface area (TPSA) is 32.3 Å². The minimum absolute atomic E-state index is 0.00597. The first-order valence-electron chi connectivity index (χ1n) is 5.28. The van der Waals surface area contributed by atoms with Crippen LogP contribution in [0.2, 0.25) is 0 Å². The molecule has 2 heterocycles. The predicted octanol–water partition coefficient (Wildman–Crippen LogP) is 1.47. The molecule has 3 aliphatic rings. The van der Waals surface area contributed by atoms with Crippen LogP contribution in [-0.2, 0) is 0 Å². The Balaban J connectivity index is 1.86. The highest BCUT2D eigenvalue weighted by Crippen LogP contribution is 2.50. The first-order valence-corrected chi connectivity index (χ1v) is 5.28. The second-order valence-corrected chi connectivity index (χ2v) is 4.62. The summed E-state index contributed by atoms with van der Waals surface area (Å²) in [6.07, 6.45) is 1.95. The van der Waals surface area contributed by atoms with Gasteiger partial charge in [-0.2, -0.15) is 0 Å². The summed E-state index contributed by atoms with van der Waals surface area (Å²) in [4.78, 5) is 0. The fourth-order valence-corrected chi connectivity index (χ4v) is 2.88. The number of rotatable bonds is 2. The average molecular weight is 189 g/mol. The minimum atomic E-state index is -0.331. The molecule has 3 fully saturated rings. The van der Waals surface area contributed by atoms with Crippen molar-refractivity contribution < 1.29 is 5.11 Å². The molecule has 2 bridgehead atoms. The number of hydrogen-bond acceptors (Lipinski definition) is 2. The summed E-state index contributed by atoms with van der Waals surface area (Å²) in [7, 11) is 0. The monoisotopic (exact) mass is 189 g/mol. The molecule has 74 valence electrons. The van der Waals surface area contributed by atoms with Crippen molar-refractivity contribution in [2.45, 2.75) is 24.5 Å². The zero-order valence-corrected chi connectivity index (χ0v) is 8.11. The maximum atomic E-state index is 10.3. The van der Waals surface area contributed by atoms with E-state index in [-0.39, 0.29) is 11.6 Å². The zero-order chi connectivity index (χ0) is 9.60. The zero-order valence-electron chi connectivity index (χ0n) is 8.11. The van der Waals surface area contributed by atoms with Gasteiger partial charge in [0.25, 0.3) is 0 Å². The smallest absolute Gasteiger partial charge is 0.0971 e. The largest absolute Gasteiger partial charge is 0.386 e. The number of fused-ring (bicyclic) bond motifs is 1. The highest BCUT2D eigenvalue weighted by atomic mass is 16.3. The normalized spacial score (nSPS) is 36.5. The summed E-state index contributed by atoms with van der Waals surface area (Å²) in [6.45, 7) is 1.09. The maximum Gasteiger partial charge on any atom is 0.0971 e. The quantitative estimate of drug-likeness (QED) is 0.738. The van der Waals surface area contributed by atoms with Crippen LogP contribution in [0.15, 0.2) is 30.3 Å². The molecule has 1 aromatic rings. The van der Waals surface area contributed by atoms with Gasteiger partial charge in [0.1, 0.15) is 0 Å². The van der Waals surface area contributed by atoms with Crippen LogP contribution in [0.3, 0.4) is 0 Å². The lowest BCUT2D eigenvalue weighted by atomic mass is 9.69. The van der Waals surface area contributed by atoms with Gasteiger partial charge in [-0.25, -0.2) is 0 Å². The lowest BCUT2D eigenvalue weighted by Crippen LogP contribution is -2.48. The molecule has 1 atom stereocenters. The van der Waals surface area contributed by atoms with E-state index in [2.05, 4.69) is 5.32 Å². The van der Waals surface area contributed by atoms with E-state index in [4.69, 9.17) is 0 Å². The molecule has 0 unspecified atom stereocenters. The van der Waals surface area contributed by atoms with Crippen LogP contribution in [0.5, 0.6) is 0 Å². The molecule has 14 heavy (non-hydrogen) atoms. The number of aliphatic hydroxyl groups excluding tert-OH is 1. The standard InChI is InChI=1S/C12H15NO/c14-11(10-4-2-1-3-5-10)12-6-9(7-12)8-13-12/h1-5,9,11,13-14H,6-8H2/t9?,11-,12?/m1/s1. The van der Waals surface area contributed by atoms with Crippen LogP contribution >= 0.6 is 0 Å². The summed E-state index contributed by atoms with van der Waals surface area (Å²) in [5.74, 6) is 0.813. The first kappa shape index (κ1) is 8.45. The van der Waals surface area contributed by atoms with Crippen molar-refractivity contribution in [3.63, 3.8) is 0 Å². The fourth-order valence-electron chi connectivity index (χ4n) is 2.88. The van der Waals surface area contributed by atoms with Crippen LogP contribution in [-0.4, -0.2) is 17.2 Å². The number of aliphatic hydroxyl groups is 1. The highest BCUT2D eigenvalue weighted by Gasteiger charge is 2.54. The highest BCUT2D eigenvalue weighted by molar-refractivity contribution is 5.25. The third-order valence-corrected chi connectivity index (χ3v) is 3.69. The Labute approximate surface area is 84.0 Å². The van der Waals surface area contributed by atoms with Gasteiger partial charge >= 0.3 is 0 Å². The van der Waals surface area contributed by atoms with Gasteiger partial charge in [0.2, 0.25) is 0 Å². The van der Waals surface area contributed by atoms with Crippen LogP contribution < -0.4 is 5.32 Å². The van der Waals surface area contributed by atoms with Crippen molar-refractivity contribution in [2.24, 2.45) is 5.92 Å². The summed E-state index contributed by atoms with van der Waals surface area (Å²) in [6, 6.07) is 9.97. The van der Waals surface area contributed by atoms with E-state index >= 15 is 0 Å². The number of benzene rings is 1. The molecule has 0 spiro atoms. The Morgan fingerprint density at radius 2 is 2.00 bits per heavy atom. The Morgan fingerprint density at radius 1 is 1.29 bits per heavy atom. The Bertz CT molecular complexity index is 324. The Hall–Kier alpha value is -0.860. The van der Waals surface area contributed by atoms with Gasteiger partial charge in [-0.3, -0.25) is 0 Å². The minimum Gasteiger partial charge on any atom is -0.386 e. The molecular formula is C12H15NO. The Kier molecular flexibility index (Phi) is 1.70. The molecule has 1 aliphatic carbocycles. The maximum absolute atomic E-state index is 10.3. The van der Waals surface area contributed by atoms with Crippen molar-refractivity contribution in [3.05, 3.63) is 35.9 Å². The molecule has 2 aliphatic heterocycles. The van der Waals surface area contributed by atoms with Gasteiger partial charge in [-0.15, -0.1) is 0 Å². The molecule has 2 nitrogen and oxygen atoms in total. The molecule has 1 saturated carbocycles. The average Bonchev–Trinajstić information content (AvgIpc) is 2.77. The molecule has 0 radical (unpaired) electrons. The molecule has 0 aromatic heterocycles. The van der Waals surface area contributed by atoms with Crippen LogP contribution in [0.25, 0.3) is 0 Å². The lowest BCUT2D eigenvalue weighted by Gasteiger charge is -2.41. The first-order chi connectivity index (χ1) is 6.80. The lowest BCUT2D eigenvalue weighted by molar-refractivity contribution is 0.0265. The van der Waals surface area contributed by atoms with Gasteiger partial charge in [0, 0.05) is 5.54 Å². The molecule has 4 rings (SSSR count). The second kappa shape index (κ2) is 2.81. The molecule has 0 amide bonds. The molecular weight excluding hydrogens is 174 g/mol. The summed E-state index contributed by atoms with van der Waals surface area (Å²) in [5, 5.41) is 13.7. The second-order valence-electron chi connectivity index (χ2n) is 4.62. The van der Waals surface area contributed by atoms with E-state index in [1.807, 2.05) is 30.3 Å². The van der Waals surface area contributed by atoms with E-state index in [1.165, 1.54) is 0 Å². The molecule has 2 heteroatoms. The molecule has 2 saturated heterocycles.